The molecule has 6 nitrogen and oxygen atoms in total. The second-order valence-corrected chi connectivity index (χ2v) is 6.66. The van der Waals surface area contributed by atoms with E-state index in [1.54, 1.807) is 24.5 Å². The Bertz CT molecular complexity index is 710. The Balaban J connectivity index is 1.32. The molecule has 0 aliphatic carbocycles. The molecule has 0 aromatic carbocycles. The fourth-order valence-electron chi connectivity index (χ4n) is 3.84. The molecule has 0 radical (unpaired) electrons. The summed E-state index contributed by atoms with van der Waals surface area (Å²) in [4.78, 5) is 22.9. The molecule has 6 heteroatoms. The van der Waals surface area contributed by atoms with Gasteiger partial charge in [-0.2, -0.15) is 0 Å². The van der Waals surface area contributed by atoms with Gasteiger partial charge in [-0.1, -0.05) is 6.07 Å². The number of ether oxygens (including phenoxy) is 1. The average Bonchev–Trinajstić information content (AvgIpc) is 3.10. The van der Waals surface area contributed by atoms with Gasteiger partial charge in [0.1, 0.15) is 5.82 Å². The lowest BCUT2D eigenvalue weighted by molar-refractivity contribution is 0.0768. The van der Waals surface area contributed by atoms with Gasteiger partial charge in [0.25, 0.3) is 5.91 Å². The third-order valence-electron chi connectivity index (χ3n) is 5.17. The zero-order valence-electron chi connectivity index (χ0n) is 14.0. The molecule has 0 bridgehead atoms. The Labute approximate surface area is 147 Å². The van der Waals surface area contributed by atoms with E-state index in [9.17, 15) is 4.79 Å². The second kappa shape index (κ2) is 7.19. The van der Waals surface area contributed by atoms with Crippen molar-refractivity contribution >= 4 is 11.7 Å². The van der Waals surface area contributed by atoms with Gasteiger partial charge >= 0.3 is 0 Å². The molecule has 4 rings (SSSR count). The van der Waals surface area contributed by atoms with Crippen molar-refractivity contribution in [3.63, 3.8) is 0 Å². The van der Waals surface area contributed by atoms with Gasteiger partial charge < -0.3 is 15.0 Å². The quantitative estimate of drug-likeness (QED) is 0.920. The number of aromatic nitrogens is 2. The Morgan fingerprint density at radius 3 is 2.92 bits per heavy atom. The number of piperidine rings is 1. The van der Waals surface area contributed by atoms with Gasteiger partial charge in [0, 0.05) is 49.7 Å². The second-order valence-electron chi connectivity index (χ2n) is 6.66. The summed E-state index contributed by atoms with van der Waals surface area (Å²) < 4.78 is 6.00. The van der Waals surface area contributed by atoms with Gasteiger partial charge in [-0.05, 0) is 36.6 Å². The van der Waals surface area contributed by atoms with Crippen LogP contribution in [0.4, 0.5) is 5.82 Å². The number of hydrogen-bond acceptors (Lipinski definition) is 5. The Morgan fingerprint density at radius 2 is 2.12 bits per heavy atom. The number of nitrogens with zero attached hydrogens (tertiary/aromatic N) is 3. The first-order chi connectivity index (χ1) is 12.3. The first-order valence-corrected chi connectivity index (χ1v) is 8.77. The normalized spacial score (nSPS) is 25.4. The molecule has 2 aliphatic heterocycles. The first-order valence-electron chi connectivity index (χ1n) is 8.77. The molecular weight excluding hydrogens is 316 g/mol. The summed E-state index contributed by atoms with van der Waals surface area (Å²) in [5.74, 6) is 1.96. The molecule has 2 fully saturated rings. The van der Waals surface area contributed by atoms with Crippen LogP contribution in [0.15, 0.2) is 48.9 Å². The van der Waals surface area contributed by atoms with Crippen molar-refractivity contribution in [3.8, 4) is 0 Å². The number of hydrogen-bond donors (Lipinski definition) is 1. The minimum Gasteiger partial charge on any atom is -0.376 e. The number of fused-ring (bicyclic) bond motifs is 1. The van der Waals surface area contributed by atoms with Crippen LogP contribution in [0.2, 0.25) is 0 Å². The number of carbonyl (C=O) groups is 1. The van der Waals surface area contributed by atoms with Crippen LogP contribution in [0.5, 0.6) is 0 Å². The van der Waals surface area contributed by atoms with Crippen molar-refractivity contribution in [2.24, 2.45) is 11.8 Å². The highest BCUT2D eigenvalue weighted by Crippen LogP contribution is 2.35. The third-order valence-corrected chi connectivity index (χ3v) is 5.17. The van der Waals surface area contributed by atoms with Crippen molar-refractivity contribution in [1.82, 2.24) is 15.3 Å². The molecule has 1 amide bonds. The van der Waals surface area contributed by atoms with Crippen LogP contribution in [0, 0.1) is 11.8 Å². The fourth-order valence-corrected chi connectivity index (χ4v) is 3.84. The highest BCUT2D eigenvalue weighted by molar-refractivity contribution is 5.93. The number of pyridine rings is 2. The maximum absolute atomic E-state index is 12.2. The van der Waals surface area contributed by atoms with Crippen LogP contribution >= 0.6 is 0 Å². The van der Waals surface area contributed by atoms with E-state index >= 15 is 0 Å². The highest BCUT2D eigenvalue weighted by atomic mass is 16.5. The molecular formula is C19H22N4O2. The van der Waals surface area contributed by atoms with Crippen LogP contribution in [-0.2, 0) is 4.74 Å². The smallest absolute Gasteiger partial charge is 0.251 e. The summed E-state index contributed by atoms with van der Waals surface area (Å²) in [7, 11) is 0. The number of rotatable bonds is 4. The minimum absolute atomic E-state index is 0.0691. The topological polar surface area (TPSA) is 67.3 Å². The number of anilines is 1. The van der Waals surface area contributed by atoms with Gasteiger partial charge in [0.15, 0.2) is 0 Å². The van der Waals surface area contributed by atoms with Crippen molar-refractivity contribution in [1.29, 1.82) is 0 Å². The van der Waals surface area contributed by atoms with Crippen molar-refractivity contribution in [2.45, 2.75) is 12.5 Å². The summed E-state index contributed by atoms with van der Waals surface area (Å²) in [6, 6.07) is 9.47. The fraction of sp³-hybridized carbons (Fsp3) is 0.421. The molecule has 2 aromatic rings. The van der Waals surface area contributed by atoms with Crippen LogP contribution in [0.25, 0.3) is 0 Å². The Hall–Kier alpha value is -2.47. The highest BCUT2D eigenvalue weighted by Gasteiger charge is 2.41. The zero-order chi connectivity index (χ0) is 17.1. The largest absolute Gasteiger partial charge is 0.376 e. The van der Waals surface area contributed by atoms with E-state index in [0.717, 1.165) is 31.9 Å². The predicted molar refractivity (Wildman–Crippen MR) is 94.4 cm³/mol. The maximum atomic E-state index is 12.2. The van der Waals surface area contributed by atoms with E-state index in [4.69, 9.17) is 4.74 Å². The summed E-state index contributed by atoms with van der Waals surface area (Å²) in [6.45, 7) is 3.27. The standard InChI is InChI=1S/C19H22N4O2/c24-19(14-4-8-20-9-5-14)22-11-17-16-6-10-23(12-15(16)13-25-17)18-3-1-2-7-21-18/h1-5,7-9,15-17H,6,10-13H2,(H,22,24)/t15-,16-,17+/m1/s1. The molecule has 3 atom stereocenters. The molecule has 2 aromatic heterocycles. The number of amides is 1. The lowest BCUT2D eigenvalue weighted by Gasteiger charge is -2.36. The molecule has 0 spiro atoms. The van der Waals surface area contributed by atoms with Gasteiger partial charge in [-0.3, -0.25) is 9.78 Å². The maximum Gasteiger partial charge on any atom is 0.251 e. The van der Waals surface area contributed by atoms with Gasteiger partial charge in [-0.15, -0.1) is 0 Å². The van der Waals surface area contributed by atoms with E-state index < -0.39 is 0 Å². The molecule has 0 unspecified atom stereocenters. The molecule has 2 saturated heterocycles. The lowest BCUT2D eigenvalue weighted by atomic mass is 9.84. The summed E-state index contributed by atoms with van der Waals surface area (Å²) >= 11 is 0. The molecule has 130 valence electrons. The Kier molecular flexibility index (Phi) is 4.61. The first kappa shape index (κ1) is 16.0. The van der Waals surface area contributed by atoms with Gasteiger partial charge in [0.05, 0.1) is 12.7 Å². The lowest BCUT2D eigenvalue weighted by Crippen LogP contribution is -2.44. The van der Waals surface area contributed by atoms with Gasteiger partial charge in [0.2, 0.25) is 0 Å². The van der Waals surface area contributed by atoms with Crippen molar-refractivity contribution < 1.29 is 9.53 Å². The number of carbonyl (C=O) groups excluding carboxylic acids is 1. The van der Waals surface area contributed by atoms with Crippen LogP contribution in [0.1, 0.15) is 16.8 Å². The van der Waals surface area contributed by atoms with E-state index in [-0.39, 0.29) is 12.0 Å². The zero-order valence-corrected chi connectivity index (χ0v) is 14.0. The molecule has 25 heavy (non-hydrogen) atoms. The van der Waals surface area contributed by atoms with E-state index in [0.29, 0.717) is 23.9 Å². The summed E-state index contributed by atoms with van der Waals surface area (Å²) in [5.41, 5.74) is 0.634. The van der Waals surface area contributed by atoms with E-state index in [2.05, 4.69) is 26.3 Å². The molecule has 4 heterocycles. The predicted octanol–water partition coefficient (Wildman–Crippen LogP) is 1.75. The molecule has 2 aliphatic rings. The average molecular weight is 338 g/mol. The third kappa shape index (κ3) is 3.49. The monoisotopic (exact) mass is 338 g/mol. The van der Waals surface area contributed by atoms with E-state index in [1.807, 2.05) is 18.3 Å². The molecule has 1 N–H and O–H groups in total. The summed E-state index contributed by atoms with van der Waals surface area (Å²) in [5, 5.41) is 3.00. The minimum atomic E-state index is -0.0691. The molecule has 0 saturated carbocycles. The van der Waals surface area contributed by atoms with Crippen LogP contribution < -0.4 is 10.2 Å². The van der Waals surface area contributed by atoms with E-state index in [1.165, 1.54) is 0 Å². The summed E-state index contributed by atoms with van der Waals surface area (Å²) in [6.07, 6.45) is 6.26. The Morgan fingerprint density at radius 1 is 1.24 bits per heavy atom. The van der Waals surface area contributed by atoms with Crippen molar-refractivity contribution in [3.05, 3.63) is 54.5 Å². The SMILES string of the molecule is O=C(NC[C@@H]1OC[C@H]2CN(c3ccccn3)CC[C@H]21)c1ccncc1. The number of nitrogens with one attached hydrogen (secondary N) is 1. The van der Waals surface area contributed by atoms with Crippen LogP contribution in [-0.4, -0.2) is 48.2 Å². The van der Waals surface area contributed by atoms with Crippen LogP contribution in [0.3, 0.4) is 0 Å². The van der Waals surface area contributed by atoms with Crippen molar-refractivity contribution in [2.75, 3.05) is 31.1 Å². The van der Waals surface area contributed by atoms with Gasteiger partial charge in [-0.25, -0.2) is 4.98 Å².